The summed E-state index contributed by atoms with van der Waals surface area (Å²) >= 11 is 0. The van der Waals surface area contributed by atoms with Gasteiger partial charge in [-0.05, 0) is 60.5 Å². The molecular weight excluding hydrogens is 376 g/mol. The van der Waals surface area contributed by atoms with Gasteiger partial charge in [0.2, 0.25) is 0 Å². The van der Waals surface area contributed by atoms with E-state index in [9.17, 15) is 4.79 Å². The van der Waals surface area contributed by atoms with E-state index < -0.39 is 0 Å². The van der Waals surface area contributed by atoms with Gasteiger partial charge < -0.3 is 9.47 Å². The van der Waals surface area contributed by atoms with E-state index in [4.69, 9.17) is 9.47 Å². The Morgan fingerprint density at radius 3 is 2.47 bits per heavy atom. The molecule has 5 nitrogen and oxygen atoms in total. The highest BCUT2D eigenvalue weighted by Crippen LogP contribution is 2.15. The van der Waals surface area contributed by atoms with Gasteiger partial charge in [0.1, 0.15) is 18.1 Å². The molecule has 0 aromatic heterocycles. The number of ether oxygens (including phenoxy) is 2. The van der Waals surface area contributed by atoms with Crippen molar-refractivity contribution in [3.8, 4) is 11.5 Å². The number of carbonyl (C=O) groups excluding carboxylic acids is 1. The van der Waals surface area contributed by atoms with Crippen LogP contribution in [0.2, 0.25) is 0 Å². The van der Waals surface area contributed by atoms with Gasteiger partial charge in [-0.1, -0.05) is 48.5 Å². The monoisotopic (exact) mass is 400 g/mol. The molecule has 0 spiro atoms. The van der Waals surface area contributed by atoms with Crippen LogP contribution in [-0.2, 0) is 6.61 Å². The Hall–Kier alpha value is -3.86. The fraction of sp³-hybridized carbons (Fsp3) is 0.120. The van der Waals surface area contributed by atoms with Gasteiger partial charge in [0.15, 0.2) is 0 Å². The van der Waals surface area contributed by atoms with Crippen LogP contribution in [0.25, 0.3) is 6.08 Å². The normalized spacial score (nSPS) is 11.3. The van der Waals surface area contributed by atoms with Crippen molar-refractivity contribution in [1.82, 2.24) is 5.43 Å². The maximum absolute atomic E-state index is 12.3. The lowest BCUT2D eigenvalue weighted by Gasteiger charge is -2.07. The second-order valence-electron chi connectivity index (χ2n) is 6.60. The lowest BCUT2D eigenvalue weighted by atomic mass is 10.2. The highest BCUT2D eigenvalue weighted by molar-refractivity contribution is 5.99. The Bertz CT molecular complexity index is 1030. The maximum Gasteiger partial charge on any atom is 0.271 e. The molecule has 5 heteroatoms. The molecule has 0 saturated heterocycles. The Labute approximate surface area is 176 Å². The van der Waals surface area contributed by atoms with E-state index in [0.717, 1.165) is 16.9 Å². The molecule has 0 unspecified atom stereocenters. The maximum atomic E-state index is 12.3. The van der Waals surface area contributed by atoms with E-state index in [1.807, 2.05) is 73.7 Å². The van der Waals surface area contributed by atoms with E-state index in [-0.39, 0.29) is 5.91 Å². The molecule has 152 valence electrons. The van der Waals surface area contributed by atoms with Gasteiger partial charge in [-0.25, -0.2) is 5.43 Å². The Morgan fingerprint density at radius 1 is 0.967 bits per heavy atom. The van der Waals surface area contributed by atoms with E-state index in [2.05, 4.69) is 10.5 Å². The summed E-state index contributed by atoms with van der Waals surface area (Å²) in [6.07, 6.45) is 3.74. The molecule has 0 bridgehead atoms. The van der Waals surface area contributed by atoms with Crippen LogP contribution >= 0.6 is 0 Å². The third-order valence-corrected chi connectivity index (χ3v) is 4.31. The van der Waals surface area contributed by atoms with Crippen molar-refractivity contribution in [2.24, 2.45) is 5.10 Å². The molecule has 1 N–H and O–H groups in total. The molecule has 0 fully saturated rings. The van der Waals surface area contributed by atoms with Crippen LogP contribution < -0.4 is 14.9 Å². The fourth-order valence-corrected chi connectivity index (χ4v) is 2.65. The topological polar surface area (TPSA) is 59.9 Å². The van der Waals surface area contributed by atoms with Gasteiger partial charge in [-0.3, -0.25) is 4.79 Å². The van der Waals surface area contributed by atoms with E-state index in [0.29, 0.717) is 23.6 Å². The Kier molecular flexibility index (Phi) is 7.39. The molecule has 1 amide bonds. The van der Waals surface area contributed by atoms with E-state index >= 15 is 0 Å². The summed E-state index contributed by atoms with van der Waals surface area (Å²) in [6, 6.07) is 24.6. The molecular formula is C25H24N2O3. The highest BCUT2D eigenvalue weighted by atomic mass is 16.5. The number of benzene rings is 3. The average molecular weight is 400 g/mol. The van der Waals surface area contributed by atoms with Crippen LogP contribution in [0.15, 0.2) is 90.0 Å². The molecule has 3 aromatic carbocycles. The largest absolute Gasteiger partial charge is 0.497 e. The first kappa shape index (κ1) is 20.9. The number of allylic oxidation sites excluding steroid dienone is 1. The molecule has 0 aliphatic heterocycles. The number of nitrogens with one attached hydrogen (secondary N) is 1. The minimum absolute atomic E-state index is 0.279. The second kappa shape index (κ2) is 10.6. The van der Waals surface area contributed by atoms with Crippen molar-refractivity contribution in [3.63, 3.8) is 0 Å². The van der Waals surface area contributed by atoms with Crippen LogP contribution in [0.1, 0.15) is 28.4 Å². The first-order chi connectivity index (χ1) is 14.6. The van der Waals surface area contributed by atoms with Crippen LogP contribution in [0.3, 0.4) is 0 Å². The molecule has 3 rings (SSSR count). The summed E-state index contributed by atoms with van der Waals surface area (Å²) in [4.78, 5) is 12.3. The third kappa shape index (κ3) is 6.34. The summed E-state index contributed by atoms with van der Waals surface area (Å²) in [6.45, 7) is 2.30. The molecule has 3 aromatic rings. The Balaban J connectivity index is 1.52. The number of rotatable bonds is 8. The highest BCUT2D eigenvalue weighted by Gasteiger charge is 2.05. The van der Waals surface area contributed by atoms with Crippen LogP contribution in [0, 0.1) is 0 Å². The lowest BCUT2D eigenvalue weighted by molar-refractivity contribution is 0.0955. The number of amides is 1. The second-order valence-corrected chi connectivity index (χ2v) is 6.60. The fourth-order valence-electron chi connectivity index (χ4n) is 2.65. The van der Waals surface area contributed by atoms with Crippen molar-refractivity contribution in [1.29, 1.82) is 0 Å². The van der Waals surface area contributed by atoms with Gasteiger partial charge in [0.25, 0.3) is 5.91 Å². The summed E-state index contributed by atoms with van der Waals surface area (Å²) in [5.74, 6) is 1.21. The quantitative estimate of drug-likeness (QED) is 0.423. The average Bonchev–Trinajstić information content (AvgIpc) is 2.81. The van der Waals surface area contributed by atoms with E-state index in [1.54, 1.807) is 31.4 Å². The van der Waals surface area contributed by atoms with Gasteiger partial charge in [-0.2, -0.15) is 5.10 Å². The van der Waals surface area contributed by atoms with Gasteiger partial charge in [0, 0.05) is 5.56 Å². The van der Waals surface area contributed by atoms with Gasteiger partial charge >= 0.3 is 0 Å². The van der Waals surface area contributed by atoms with Crippen molar-refractivity contribution < 1.29 is 14.3 Å². The summed E-state index contributed by atoms with van der Waals surface area (Å²) in [5.41, 5.74) is 5.83. The minimum atomic E-state index is -0.279. The summed E-state index contributed by atoms with van der Waals surface area (Å²) < 4.78 is 10.9. The SMILES string of the molecule is COc1cccc(/C=C/C(C)=N/NC(=O)c2ccc(OCc3ccccc3)cc2)c1. The molecule has 0 saturated carbocycles. The number of nitrogens with zero attached hydrogens (tertiary/aromatic N) is 1. The lowest BCUT2D eigenvalue weighted by Crippen LogP contribution is -2.18. The minimum Gasteiger partial charge on any atom is -0.497 e. The van der Waals surface area contributed by atoms with Crippen molar-refractivity contribution in [3.05, 3.63) is 102 Å². The number of hydrazone groups is 1. The molecule has 30 heavy (non-hydrogen) atoms. The Morgan fingerprint density at radius 2 is 1.73 bits per heavy atom. The third-order valence-electron chi connectivity index (χ3n) is 4.31. The number of methoxy groups -OCH3 is 1. The predicted molar refractivity (Wildman–Crippen MR) is 120 cm³/mol. The first-order valence-corrected chi connectivity index (χ1v) is 9.57. The van der Waals surface area contributed by atoms with Crippen molar-refractivity contribution in [2.75, 3.05) is 7.11 Å². The number of carbonyl (C=O) groups is 1. The van der Waals surface area contributed by atoms with E-state index in [1.165, 1.54) is 0 Å². The van der Waals surface area contributed by atoms with Crippen LogP contribution in [-0.4, -0.2) is 18.7 Å². The molecule has 0 atom stereocenters. The number of hydrogen-bond acceptors (Lipinski definition) is 4. The summed E-state index contributed by atoms with van der Waals surface area (Å²) in [7, 11) is 1.63. The zero-order valence-corrected chi connectivity index (χ0v) is 17.0. The zero-order chi connectivity index (χ0) is 21.2. The smallest absolute Gasteiger partial charge is 0.271 e. The van der Waals surface area contributed by atoms with Crippen LogP contribution in [0.5, 0.6) is 11.5 Å². The van der Waals surface area contributed by atoms with Crippen molar-refractivity contribution in [2.45, 2.75) is 13.5 Å². The van der Waals surface area contributed by atoms with Crippen molar-refractivity contribution >= 4 is 17.7 Å². The van der Waals surface area contributed by atoms with Gasteiger partial charge in [0.05, 0.1) is 12.8 Å². The standard InChI is InChI=1S/C25H24N2O3/c1-19(11-12-20-9-6-10-24(17-20)29-2)26-27-25(28)22-13-15-23(16-14-22)30-18-21-7-4-3-5-8-21/h3-17H,18H2,1-2H3,(H,27,28)/b12-11+,26-19+. The van der Waals surface area contributed by atoms with Gasteiger partial charge in [-0.15, -0.1) is 0 Å². The number of hydrogen-bond donors (Lipinski definition) is 1. The molecule has 0 heterocycles. The zero-order valence-electron chi connectivity index (χ0n) is 17.0. The summed E-state index contributed by atoms with van der Waals surface area (Å²) in [5, 5.41) is 4.12. The molecule has 0 aliphatic carbocycles. The molecule has 0 aliphatic rings. The first-order valence-electron chi connectivity index (χ1n) is 9.57. The van der Waals surface area contributed by atoms with Crippen LogP contribution in [0.4, 0.5) is 0 Å². The molecule has 0 radical (unpaired) electrons. The predicted octanol–water partition coefficient (Wildman–Crippen LogP) is 5.09.